The molecule has 2 aromatic rings. The van der Waals surface area contributed by atoms with Crippen LogP contribution in [0.4, 0.5) is 0 Å². The Morgan fingerprint density at radius 3 is 2.41 bits per heavy atom. The Balaban J connectivity index is 2.52. The fraction of sp³-hybridized carbons (Fsp3) is 0.450. The highest BCUT2D eigenvalue weighted by Gasteiger charge is 2.37. The zero-order valence-electron chi connectivity index (χ0n) is 14.1. The SMILES string of the molecule is CC[C@@H](C)[C@@](C#N)(CCN(C)C)c1ccc2ccccc2c1. The first-order valence-corrected chi connectivity index (χ1v) is 8.08. The van der Waals surface area contributed by atoms with Gasteiger partial charge in [-0.1, -0.05) is 56.7 Å². The molecule has 0 spiro atoms. The lowest BCUT2D eigenvalue weighted by molar-refractivity contribution is 0.285. The minimum absolute atomic E-state index is 0.332. The molecule has 2 rings (SSSR count). The third-order valence-electron chi connectivity index (χ3n) is 4.87. The largest absolute Gasteiger partial charge is 0.309 e. The second-order valence-corrected chi connectivity index (χ2v) is 6.51. The minimum Gasteiger partial charge on any atom is -0.309 e. The fourth-order valence-electron chi connectivity index (χ4n) is 3.12. The highest BCUT2D eigenvalue weighted by Crippen LogP contribution is 2.38. The third kappa shape index (κ3) is 3.15. The number of nitriles is 1. The van der Waals surface area contributed by atoms with Gasteiger partial charge in [0.2, 0.25) is 0 Å². The van der Waals surface area contributed by atoms with Gasteiger partial charge in [-0.2, -0.15) is 5.26 Å². The van der Waals surface area contributed by atoms with Gasteiger partial charge in [0.05, 0.1) is 11.5 Å². The van der Waals surface area contributed by atoms with Crippen LogP contribution in [0.5, 0.6) is 0 Å². The Hall–Kier alpha value is -1.85. The van der Waals surface area contributed by atoms with E-state index < -0.39 is 5.41 Å². The second-order valence-electron chi connectivity index (χ2n) is 6.51. The molecule has 0 bridgehead atoms. The summed E-state index contributed by atoms with van der Waals surface area (Å²) in [5.74, 6) is 0.332. The Kier molecular flexibility index (Phi) is 5.21. The van der Waals surface area contributed by atoms with E-state index in [4.69, 9.17) is 0 Å². The second kappa shape index (κ2) is 6.94. The Labute approximate surface area is 134 Å². The number of fused-ring (bicyclic) bond motifs is 1. The van der Waals surface area contributed by atoms with E-state index in [1.165, 1.54) is 10.8 Å². The van der Waals surface area contributed by atoms with Gasteiger partial charge in [-0.25, -0.2) is 0 Å². The van der Waals surface area contributed by atoms with Crippen molar-refractivity contribution in [2.75, 3.05) is 20.6 Å². The standard InChI is InChI=1S/C20H26N2/c1-5-16(2)20(15-21,12-13-22(3)4)19-11-10-17-8-6-7-9-18(17)14-19/h6-11,14,16H,5,12-13H2,1-4H3/t16-,20+/m1/s1. The zero-order valence-corrected chi connectivity index (χ0v) is 14.1. The summed E-state index contributed by atoms with van der Waals surface area (Å²) >= 11 is 0. The molecule has 0 N–H and O–H groups in total. The lowest BCUT2D eigenvalue weighted by atomic mass is 9.68. The van der Waals surface area contributed by atoms with Crippen molar-refractivity contribution in [2.45, 2.75) is 32.1 Å². The maximum atomic E-state index is 10.0. The van der Waals surface area contributed by atoms with Crippen LogP contribution in [0.1, 0.15) is 32.3 Å². The van der Waals surface area contributed by atoms with Gasteiger partial charge in [-0.3, -0.25) is 0 Å². The molecule has 0 aromatic heterocycles. The van der Waals surface area contributed by atoms with Crippen molar-refractivity contribution in [2.24, 2.45) is 5.92 Å². The maximum Gasteiger partial charge on any atom is 0.0860 e. The third-order valence-corrected chi connectivity index (χ3v) is 4.87. The monoisotopic (exact) mass is 294 g/mol. The Morgan fingerprint density at radius 2 is 1.82 bits per heavy atom. The van der Waals surface area contributed by atoms with Crippen molar-refractivity contribution in [3.05, 3.63) is 48.0 Å². The molecule has 0 radical (unpaired) electrons. The van der Waals surface area contributed by atoms with Gasteiger partial charge in [-0.05, 0) is 55.4 Å². The summed E-state index contributed by atoms with van der Waals surface area (Å²) in [5.41, 5.74) is 0.744. The van der Waals surface area contributed by atoms with Gasteiger partial charge >= 0.3 is 0 Å². The molecule has 116 valence electrons. The maximum absolute atomic E-state index is 10.0. The van der Waals surface area contributed by atoms with Crippen LogP contribution >= 0.6 is 0 Å². The molecule has 2 nitrogen and oxygen atoms in total. The summed E-state index contributed by atoms with van der Waals surface area (Å²) in [4.78, 5) is 2.16. The molecule has 22 heavy (non-hydrogen) atoms. The first-order valence-electron chi connectivity index (χ1n) is 8.08. The molecular formula is C20H26N2. The number of hydrogen-bond donors (Lipinski definition) is 0. The van der Waals surface area contributed by atoms with Gasteiger partial charge in [0.25, 0.3) is 0 Å². The van der Waals surface area contributed by atoms with E-state index in [0.717, 1.165) is 24.9 Å². The molecule has 2 heteroatoms. The molecule has 0 amide bonds. The summed E-state index contributed by atoms with van der Waals surface area (Å²) in [6.45, 7) is 5.30. The van der Waals surface area contributed by atoms with Crippen molar-refractivity contribution in [1.82, 2.24) is 4.90 Å². The molecular weight excluding hydrogens is 268 g/mol. The molecule has 0 aliphatic rings. The quantitative estimate of drug-likeness (QED) is 0.778. The Bertz CT molecular complexity index is 669. The van der Waals surface area contributed by atoms with Gasteiger partial charge in [0.1, 0.15) is 0 Å². The predicted molar refractivity (Wildman–Crippen MR) is 93.9 cm³/mol. The van der Waals surface area contributed by atoms with Gasteiger partial charge in [-0.15, -0.1) is 0 Å². The average molecular weight is 294 g/mol. The van der Waals surface area contributed by atoms with Gasteiger partial charge in [0, 0.05) is 0 Å². The average Bonchev–Trinajstić information content (AvgIpc) is 2.55. The number of rotatable bonds is 6. The summed E-state index contributed by atoms with van der Waals surface area (Å²) < 4.78 is 0. The summed E-state index contributed by atoms with van der Waals surface area (Å²) in [7, 11) is 4.14. The van der Waals surface area contributed by atoms with Crippen molar-refractivity contribution < 1.29 is 0 Å². The van der Waals surface area contributed by atoms with E-state index in [-0.39, 0.29) is 0 Å². The van der Waals surface area contributed by atoms with Crippen molar-refractivity contribution in [3.8, 4) is 6.07 Å². The van der Waals surface area contributed by atoms with Gasteiger partial charge in [0.15, 0.2) is 0 Å². The predicted octanol–water partition coefficient (Wildman–Crippen LogP) is 4.60. The molecule has 0 heterocycles. The van der Waals surface area contributed by atoms with E-state index in [1.807, 2.05) is 0 Å². The molecule has 2 aromatic carbocycles. The smallest absolute Gasteiger partial charge is 0.0860 e. The number of benzene rings is 2. The topological polar surface area (TPSA) is 27.0 Å². The van der Waals surface area contributed by atoms with Crippen LogP contribution in [0, 0.1) is 17.2 Å². The summed E-state index contributed by atoms with van der Waals surface area (Å²) in [6.07, 6.45) is 1.87. The van der Waals surface area contributed by atoms with E-state index in [1.54, 1.807) is 0 Å². The van der Waals surface area contributed by atoms with Crippen LogP contribution in [0.25, 0.3) is 10.8 Å². The minimum atomic E-state index is -0.414. The Morgan fingerprint density at radius 1 is 1.14 bits per heavy atom. The summed E-state index contributed by atoms with van der Waals surface area (Å²) in [6, 6.07) is 17.5. The normalized spacial score (nSPS) is 15.5. The van der Waals surface area contributed by atoms with E-state index in [9.17, 15) is 5.26 Å². The number of nitrogens with zero attached hydrogens (tertiary/aromatic N) is 2. The molecule has 0 saturated heterocycles. The van der Waals surface area contributed by atoms with Crippen molar-refractivity contribution in [3.63, 3.8) is 0 Å². The molecule has 2 atom stereocenters. The van der Waals surface area contributed by atoms with Crippen LogP contribution in [-0.2, 0) is 5.41 Å². The van der Waals surface area contributed by atoms with Crippen LogP contribution in [-0.4, -0.2) is 25.5 Å². The molecule has 0 unspecified atom stereocenters. The first-order chi connectivity index (χ1) is 10.5. The lowest BCUT2D eigenvalue weighted by Gasteiger charge is -2.34. The number of hydrogen-bond acceptors (Lipinski definition) is 2. The fourth-order valence-corrected chi connectivity index (χ4v) is 3.12. The highest BCUT2D eigenvalue weighted by atomic mass is 15.0. The van der Waals surface area contributed by atoms with Crippen LogP contribution in [0.15, 0.2) is 42.5 Å². The molecule has 0 fully saturated rings. The first kappa shape index (κ1) is 16.5. The summed E-state index contributed by atoms with van der Waals surface area (Å²) in [5, 5.41) is 12.5. The van der Waals surface area contributed by atoms with E-state index in [0.29, 0.717) is 5.92 Å². The molecule has 0 saturated carbocycles. The van der Waals surface area contributed by atoms with Crippen molar-refractivity contribution in [1.29, 1.82) is 5.26 Å². The van der Waals surface area contributed by atoms with E-state index in [2.05, 4.69) is 81.4 Å². The zero-order chi connectivity index (χ0) is 16.2. The molecule has 0 aliphatic heterocycles. The van der Waals surface area contributed by atoms with E-state index >= 15 is 0 Å². The van der Waals surface area contributed by atoms with Crippen LogP contribution in [0.2, 0.25) is 0 Å². The highest BCUT2D eigenvalue weighted by molar-refractivity contribution is 5.83. The van der Waals surface area contributed by atoms with Crippen LogP contribution in [0.3, 0.4) is 0 Å². The van der Waals surface area contributed by atoms with Crippen LogP contribution < -0.4 is 0 Å². The van der Waals surface area contributed by atoms with Crippen molar-refractivity contribution >= 4 is 10.8 Å². The van der Waals surface area contributed by atoms with Gasteiger partial charge < -0.3 is 4.90 Å². The molecule has 0 aliphatic carbocycles. The lowest BCUT2D eigenvalue weighted by Crippen LogP contribution is -2.35.